The van der Waals surface area contributed by atoms with E-state index in [-0.39, 0.29) is 11.6 Å². The first-order valence-electron chi connectivity index (χ1n) is 6.72. The van der Waals surface area contributed by atoms with Gasteiger partial charge in [-0.05, 0) is 33.6 Å². The third kappa shape index (κ3) is 3.94. The van der Waals surface area contributed by atoms with Crippen molar-refractivity contribution in [1.82, 2.24) is 20.1 Å². The molecular formula is C13H22N4O2. The van der Waals surface area contributed by atoms with Gasteiger partial charge in [0, 0.05) is 0 Å². The molecule has 0 unspecified atom stereocenters. The highest BCUT2D eigenvalue weighted by Crippen LogP contribution is 2.31. The van der Waals surface area contributed by atoms with E-state index in [1.54, 1.807) is 11.0 Å². The van der Waals surface area contributed by atoms with E-state index in [0.717, 1.165) is 25.7 Å². The first-order chi connectivity index (χ1) is 8.89. The van der Waals surface area contributed by atoms with Crippen LogP contribution in [0.2, 0.25) is 0 Å². The predicted molar refractivity (Wildman–Crippen MR) is 70.6 cm³/mol. The van der Waals surface area contributed by atoms with Crippen LogP contribution in [-0.2, 0) is 11.3 Å². The Hall–Kier alpha value is -1.59. The number of aromatic nitrogens is 3. The fourth-order valence-electron chi connectivity index (χ4n) is 2.52. The Morgan fingerprint density at radius 1 is 1.42 bits per heavy atom. The zero-order chi connectivity index (χ0) is 13.9. The number of amides is 1. The number of carbonyl (C=O) groups is 1. The lowest BCUT2D eigenvalue weighted by molar-refractivity contribution is 0.0442. The standard InChI is InChI=1S/C13H22N4O2/c1-12(2,3)19-11(18)16-13(6-4-5-7-13)8-17-10-14-9-15-17/h9-10H,4-8H2,1-3H3,(H,16,18). The van der Waals surface area contributed by atoms with Crippen molar-refractivity contribution in [1.29, 1.82) is 0 Å². The van der Waals surface area contributed by atoms with E-state index in [2.05, 4.69) is 15.4 Å². The summed E-state index contributed by atoms with van der Waals surface area (Å²) in [6.07, 6.45) is 6.97. The van der Waals surface area contributed by atoms with Gasteiger partial charge in [-0.3, -0.25) is 4.68 Å². The van der Waals surface area contributed by atoms with Crippen LogP contribution in [0.5, 0.6) is 0 Å². The van der Waals surface area contributed by atoms with E-state index in [1.165, 1.54) is 6.33 Å². The Bertz CT molecular complexity index is 416. The summed E-state index contributed by atoms with van der Waals surface area (Å²) in [6, 6.07) is 0. The second kappa shape index (κ2) is 5.19. The van der Waals surface area contributed by atoms with Crippen molar-refractivity contribution in [2.24, 2.45) is 0 Å². The SMILES string of the molecule is CC(C)(C)OC(=O)NC1(Cn2cncn2)CCCC1. The summed E-state index contributed by atoms with van der Waals surface area (Å²) in [5.74, 6) is 0. The summed E-state index contributed by atoms with van der Waals surface area (Å²) < 4.78 is 7.12. The number of ether oxygens (including phenoxy) is 1. The first kappa shape index (κ1) is 13.8. The molecular weight excluding hydrogens is 244 g/mol. The molecule has 1 aromatic heterocycles. The van der Waals surface area contributed by atoms with Crippen molar-refractivity contribution >= 4 is 6.09 Å². The molecule has 2 rings (SSSR count). The first-order valence-corrected chi connectivity index (χ1v) is 6.72. The molecule has 1 amide bonds. The number of carbonyl (C=O) groups excluding carboxylic acids is 1. The van der Waals surface area contributed by atoms with Crippen LogP contribution in [0.3, 0.4) is 0 Å². The Morgan fingerprint density at radius 2 is 2.11 bits per heavy atom. The molecule has 1 aliphatic rings. The van der Waals surface area contributed by atoms with Crippen LogP contribution in [-0.4, -0.2) is 32.0 Å². The van der Waals surface area contributed by atoms with Crippen LogP contribution in [0.1, 0.15) is 46.5 Å². The predicted octanol–water partition coefficient (Wildman–Crippen LogP) is 2.12. The molecule has 0 aromatic carbocycles. The minimum absolute atomic E-state index is 0.254. The van der Waals surface area contributed by atoms with Gasteiger partial charge in [-0.25, -0.2) is 9.78 Å². The molecule has 1 heterocycles. The van der Waals surface area contributed by atoms with Gasteiger partial charge in [-0.15, -0.1) is 0 Å². The zero-order valence-corrected chi connectivity index (χ0v) is 11.8. The van der Waals surface area contributed by atoms with Crippen molar-refractivity contribution in [2.45, 2.75) is 64.1 Å². The van der Waals surface area contributed by atoms with Gasteiger partial charge in [0.2, 0.25) is 0 Å². The molecule has 1 N–H and O–H groups in total. The van der Waals surface area contributed by atoms with Gasteiger partial charge in [0.25, 0.3) is 0 Å². The maximum absolute atomic E-state index is 12.0. The average molecular weight is 266 g/mol. The Labute approximate surface area is 113 Å². The highest BCUT2D eigenvalue weighted by atomic mass is 16.6. The summed E-state index contributed by atoms with van der Waals surface area (Å²) in [4.78, 5) is 15.9. The molecule has 1 aromatic rings. The van der Waals surface area contributed by atoms with E-state index in [9.17, 15) is 4.79 Å². The lowest BCUT2D eigenvalue weighted by Gasteiger charge is -2.31. The van der Waals surface area contributed by atoms with Crippen molar-refractivity contribution in [3.05, 3.63) is 12.7 Å². The quantitative estimate of drug-likeness (QED) is 0.909. The summed E-state index contributed by atoms with van der Waals surface area (Å²) in [5.41, 5.74) is -0.729. The number of hydrogen-bond acceptors (Lipinski definition) is 4. The lowest BCUT2D eigenvalue weighted by atomic mass is 9.98. The molecule has 0 radical (unpaired) electrons. The van der Waals surface area contributed by atoms with Crippen molar-refractivity contribution < 1.29 is 9.53 Å². The van der Waals surface area contributed by atoms with E-state index in [1.807, 2.05) is 20.8 Å². The molecule has 19 heavy (non-hydrogen) atoms. The minimum Gasteiger partial charge on any atom is -0.444 e. The fourth-order valence-corrected chi connectivity index (χ4v) is 2.52. The molecule has 0 atom stereocenters. The summed E-state index contributed by atoms with van der Waals surface area (Å²) >= 11 is 0. The smallest absolute Gasteiger partial charge is 0.408 e. The number of nitrogens with zero attached hydrogens (tertiary/aromatic N) is 3. The molecule has 1 fully saturated rings. The largest absolute Gasteiger partial charge is 0.444 e. The minimum atomic E-state index is -0.475. The maximum Gasteiger partial charge on any atom is 0.408 e. The van der Waals surface area contributed by atoms with Gasteiger partial charge in [0.1, 0.15) is 18.3 Å². The monoisotopic (exact) mass is 266 g/mol. The number of rotatable bonds is 3. The van der Waals surface area contributed by atoms with Crippen LogP contribution < -0.4 is 5.32 Å². The number of nitrogens with one attached hydrogen (secondary N) is 1. The van der Waals surface area contributed by atoms with Crippen LogP contribution in [0.15, 0.2) is 12.7 Å². The molecule has 1 aliphatic carbocycles. The lowest BCUT2D eigenvalue weighted by Crippen LogP contribution is -2.51. The van der Waals surface area contributed by atoms with Gasteiger partial charge < -0.3 is 10.1 Å². The van der Waals surface area contributed by atoms with Gasteiger partial charge in [-0.2, -0.15) is 5.10 Å². The normalized spacial score (nSPS) is 18.3. The molecule has 1 saturated carbocycles. The summed E-state index contributed by atoms with van der Waals surface area (Å²) in [7, 11) is 0. The number of hydrogen-bond donors (Lipinski definition) is 1. The Kier molecular flexibility index (Phi) is 3.78. The van der Waals surface area contributed by atoms with Crippen LogP contribution in [0, 0.1) is 0 Å². The third-order valence-corrected chi connectivity index (χ3v) is 3.26. The highest BCUT2D eigenvalue weighted by Gasteiger charge is 2.37. The summed E-state index contributed by atoms with van der Waals surface area (Å²) in [5, 5.41) is 7.16. The van der Waals surface area contributed by atoms with Gasteiger partial charge in [0.05, 0.1) is 12.1 Å². The van der Waals surface area contributed by atoms with E-state index in [0.29, 0.717) is 6.54 Å². The number of alkyl carbamates (subject to hydrolysis) is 1. The van der Waals surface area contributed by atoms with Crippen molar-refractivity contribution in [2.75, 3.05) is 0 Å². The second-order valence-electron chi connectivity index (χ2n) is 6.21. The van der Waals surface area contributed by atoms with E-state index < -0.39 is 5.60 Å². The molecule has 0 saturated heterocycles. The molecule has 0 spiro atoms. The summed E-state index contributed by atoms with van der Waals surface area (Å²) in [6.45, 7) is 6.24. The van der Waals surface area contributed by atoms with Gasteiger partial charge in [0.15, 0.2) is 0 Å². The van der Waals surface area contributed by atoms with Crippen LogP contribution in [0.4, 0.5) is 4.79 Å². The second-order valence-corrected chi connectivity index (χ2v) is 6.21. The van der Waals surface area contributed by atoms with Gasteiger partial charge in [-0.1, -0.05) is 12.8 Å². The zero-order valence-electron chi connectivity index (χ0n) is 11.8. The Balaban J connectivity index is 2.01. The fraction of sp³-hybridized carbons (Fsp3) is 0.769. The van der Waals surface area contributed by atoms with Gasteiger partial charge >= 0.3 is 6.09 Å². The highest BCUT2D eigenvalue weighted by molar-refractivity contribution is 5.68. The molecule has 6 heteroatoms. The topological polar surface area (TPSA) is 69.0 Å². The molecule has 0 aliphatic heterocycles. The van der Waals surface area contributed by atoms with Crippen molar-refractivity contribution in [3.8, 4) is 0 Å². The molecule has 106 valence electrons. The van der Waals surface area contributed by atoms with Crippen molar-refractivity contribution in [3.63, 3.8) is 0 Å². The van der Waals surface area contributed by atoms with E-state index >= 15 is 0 Å². The molecule has 0 bridgehead atoms. The Morgan fingerprint density at radius 3 is 2.63 bits per heavy atom. The van der Waals surface area contributed by atoms with E-state index in [4.69, 9.17) is 4.74 Å². The third-order valence-electron chi connectivity index (χ3n) is 3.26. The maximum atomic E-state index is 12.0. The van der Waals surface area contributed by atoms with Crippen LogP contribution in [0.25, 0.3) is 0 Å². The molecule has 6 nitrogen and oxygen atoms in total. The average Bonchev–Trinajstić information content (AvgIpc) is 2.87. The van der Waals surface area contributed by atoms with Crippen LogP contribution >= 0.6 is 0 Å².